The minimum Gasteiger partial charge on any atom is -0.490 e. The Bertz CT molecular complexity index is 2110. The van der Waals surface area contributed by atoms with Crippen molar-refractivity contribution in [3.63, 3.8) is 0 Å². The van der Waals surface area contributed by atoms with Gasteiger partial charge in [0, 0.05) is 56.2 Å². The molecule has 15 heteroatoms. The zero-order valence-electron chi connectivity index (χ0n) is 31.2. The molecular weight excluding hydrogens is 715 g/mol. The van der Waals surface area contributed by atoms with Gasteiger partial charge in [0.05, 0.1) is 31.6 Å². The summed E-state index contributed by atoms with van der Waals surface area (Å²) in [6.45, 7) is 4.43. The first-order valence-electron chi connectivity index (χ1n) is 19.3. The number of hydrogen-bond donors (Lipinski definition) is 6. The molecular formula is C41H47N9O6. The Morgan fingerprint density at radius 2 is 1.64 bits per heavy atom. The third-order valence-electron chi connectivity index (χ3n) is 10.8. The second-order valence-electron chi connectivity index (χ2n) is 14.5. The van der Waals surface area contributed by atoms with E-state index in [1.807, 2.05) is 41.3 Å². The Labute approximate surface area is 324 Å². The fraction of sp³-hybridized carbons (Fsp3) is 0.390. The Kier molecular flexibility index (Phi) is 10.9. The molecule has 3 aliphatic rings. The van der Waals surface area contributed by atoms with E-state index in [2.05, 4.69) is 45.5 Å². The normalized spacial score (nSPS) is 21.9. The first-order valence-corrected chi connectivity index (χ1v) is 19.3. The topological polar surface area (TPSA) is 188 Å². The third-order valence-corrected chi connectivity index (χ3v) is 10.8. The third kappa shape index (κ3) is 7.91. The van der Waals surface area contributed by atoms with Gasteiger partial charge in [-0.1, -0.05) is 67.6 Å². The summed E-state index contributed by atoms with van der Waals surface area (Å²) in [5.74, 6) is 2.02. The smallest absolute Gasteiger partial charge is 0.319 e. The van der Waals surface area contributed by atoms with E-state index in [1.165, 1.54) is 0 Å². The SMILES string of the molecule is CCC(=O)N[C@H]1C[C@@H](n2cnc3c(NCC(c4ccccc4)c4ccccc4)nc(N4CC[C@@H](NC(=O)Nc5ccc6c(c5)OCCCO6)C4)nc32)[C@H](O)[C@@H]1O. The zero-order chi connectivity index (χ0) is 38.6. The molecule has 15 nitrogen and oxygen atoms in total. The van der Waals surface area contributed by atoms with Gasteiger partial charge in [-0.15, -0.1) is 0 Å². The first kappa shape index (κ1) is 37.0. The number of urea groups is 1. The number of carbonyl (C=O) groups excluding carboxylic acids is 2. The number of aliphatic hydroxyl groups is 2. The standard InChI is InChI=1S/C41H47N9O6/c1-2-34(51)46-30-21-31(37(53)36(30)52)50-24-43-35-38(42-22-29(25-10-5-3-6-11-25)26-12-7-4-8-13-26)47-40(48-39(35)50)49-17-16-28(23-49)45-41(54)44-27-14-15-32-33(20-27)56-19-9-18-55-32/h3-8,10-15,20,24,28-31,36-37,52-53H,2,9,16-19,21-23H2,1H3,(H,46,51)(H,42,47,48)(H2,44,45,54)/t28-,30+,31-,36-,37+/m1/s1. The maximum absolute atomic E-state index is 13.2. The summed E-state index contributed by atoms with van der Waals surface area (Å²) in [6, 6.07) is 24.1. The van der Waals surface area contributed by atoms with Crippen LogP contribution in [0.5, 0.6) is 11.5 Å². The van der Waals surface area contributed by atoms with Crippen molar-refractivity contribution in [2.24, 2.45) is 0 Å². The second kappa shape index (κ2) is 16.4. The number of rotatable bonds is 11. The lowest BCUT2D eigenvalue weighted by molar-refractivity contribution is -0.122. The minimum atomic E-state index is -1.16. The van der Waals surface area contributed by atoms with E-state index in [-0.39, 0.29) is 30.3 Å². The quantitative estimate of drug-likeness (QED) is 0.113. The number of carbonyl (C=O) groups is 2. The van der Waals surface area contributed by atoms with Gasteiger partial charge < -0.3 is 50.4 Å². The molecule has 1 aliphatic carbocycles. The van der Waals surface area contributed by atoms with Crippen molar-refractivity contribution in [2.45, 2.75) is 68.9 Å². The van der Waals surface area contributed by atoms with Gasteiger partial charge in [0.25, 0.3) is 0 Å². The van der Waals surface area contributed by atoms with Gasteiger partial charge >= 0.3 is 6.03 Å². The van der Waals surface area contributed by atoms with E-state index in [0.717, 1.165) is 17.5 Å². The summed E-state index contributed by atoms with van der Waals surface area (Å²) in [7, 11) is 0. The van der Waals surface area contributed by atoms with Gasteiger partial charge in [-0.2, -0.15) is 9.97 Å². The Balaban J connectivity index is 1.05. The van der Waals surface area contributed by atoms with E-state index in [1.54, 1.807) is 36.0 Å². The maximum Gasteiger partial charge on any atom is 0.319 e. The van der Waals surface area contributed by atoms with E-state index >= 15 is 0 Å². The molecule has 4 heterocycles. The van der Waals surface area contributed by atoms with Gasteiger partial charge in [-0.05, 0) is 36.1 Å². The van der Waals surface area contributed by atoms with Crippen molar-refractivity contribution in [3.8, 4) is 11.5 Å². The summed E-state index contributed by atoms with van der Waals surface area (Å²) < 4.78 is 13.3. The van der Waals surface area contributed by atoms with Crippen molar-refractivity contribution >= 4 is 40.6 Å². The number of imidazole rings is 1. The van der Waals surface area contributed by atoms with Gasteiger partial charge in [-0.3, -0.25) is 4.79 Å². The average Bonchev–Trinajstić information content (AvgIpc) is 3.88. The minimum absolute atomic E-state index is 0.000200. The van der Waals surface area contributed by atoms with E-state index < -0.39 is 24.3 Å². The van der Waals surface area contributed by atoms with Crippen molar-refractivity contribution < 1.29 is 29.3 Å². The lowest BCUT2D eigenvalue weighted by atomic mass is 9.91. The highest BCUT2D eigenvalue weighted by Gasteiger charge is 2.44. The summed E-state index contributed by atoms with van der Waals surface area (Å²) in [5.41, 5.74) is 3.88. The van der Waals surface area contributed by atoms with Crippen LogP contribution in [0.2, 0.25) is 0 Å². The molecule has 5 atom stereocenters. The number of benzene rings is 3. The van der Waals surface area contributed by atoms with E-state index in [9.17, 15) is 19.8 Å². The van der Waals surface area contributed by atoms with Crippen molar-refractivity contribution in [2.75, 3.05) is 48.4 Å². The summed E-state index contributed by atoms with van der Waals surface area (Å²) in [6.07, 6.45) is 1.30. The molecule has 2 aromatic heterocycles. The molecule has 1 saturated heterocycles. The van der Waals surface area contributed by atoms with Gasteiger partial charge in [0.15, 0.2) is 28.5 Å². The summed E-state index contributed by atoms with van der Waals surface area (Å²) >= 11 is 0. The lowest BCUT2D eigenvalue weighted by Crippen LogP contribution is -2.42. The Hall–Kier alpha value is -5.93. The van der Waals surface area contributed by atoms with Crippen LogP contribution in [-0.4, -0.2) is 98.8 Å². The molecule has 8 rings (SSSR count). The van der Waals surface area contributed by atoms with Gasteiger partial charge in [-0.25, -0.2) is 9.78 Å². The maximum atomic E-state index is 13.2. The number of fused-ring (bicyclic) bond motifs is 2. The number of nitrogens with one attached hydrogen (secondary N) is 4. The highest BCUT2D eigenvalue weighted by atomic mass is 16.5. The predicted octanol–water partition coefficient (Wildman–Crippen LogP) is 4.19. The molecule has 5 aromatic rings. The van der Waals surface area contributed by atoms with Crippen molar-refractivity contribution in [3.05, 3.63) is 96.3 Å². The Morgan fingerprint density at radius 1 is 0.911 bits per heavy atom. The number of ether oxygens (including phenoxy) is 2. The van der Waals surface area contributed by atoms with E-state index in [4.69, 9.17) is 24.4 Å². The lowest BCUT2D eigenvalue weighted by Gasteiger charge is -2.22. The van der Waals surface area contributed by atoms with Crippen LogP contribution in [-0.2, 0) is 4.79 Å². The number of nitrogens with zero attached hydrogens (tertiary/aromatic N) is 5. The molecule has 0 spiro atoms. The summed E-state index contributed by atoms with van der Waals surface area (Å²) in [5, 5.41) is 34.6. The zero-order valence-corrected chi connectivity index (χ0v) is 31.2. The molecule has 0 unspecified atom stereocenters. The fourth-order valence-electron chi connectivity index (χ4n) is 7.80. The number of hydrogen-bond acceptors (Lipinski definition) is 11. The van der Waals surface area contributed by atoms with Crippen LogP contribution in [0.1, 0.15) is 55.7 Å². The number of aromatic nitrogens is 4. The molecule has 3 aromatic carbocycles. The molecule has 56 heavy (non-hydrogen) atoms. The van der Waals surface area contributed by atoms with Crippen LogP contribution in [0, 0.1) is 0 Å². The molecule has 0 bridgehead atoms. The summed E-state index contributed by atoms with van der Waals surface area (Å²) in [4.78, 5) is 42.2. The number of anilines is 3. The van der Waals surface area contributed by atoms with Crippen LogP contribution in [0.25, 0.3) is 11.2 Å². The molecule has 2 aliphatic heterocycles. The number of amides is 3. The monoisotopic (exact) mass is 761 g/mol. The van der Waals surface area contributed by atoms with Crippen LogP contribution in [0.15, 0.2) is 85.2 Å². The van der Waals surface area contributed by atoms with Crippen LogP contribution in [0.3, 0.4) is 0 Å². The Morgan fingerprint density at radius 3 is 2.38 bits per heavy atom. The highest BCUT2D eigenvalue weighted by molar-refractivity contribution is 5.90. The van der Waals surface area contributed by atoms with Crippen molar-refractivity contribution in [1.29, 1.82) is 0 Å². The first-order chi connectivity index (χ1) is 27.3. The fourth-order valence-corrected chi connectivity index (χ4v) is 7.80. The predicted molar refractivity (Wildman–Crippen MR) is 211 cm³/mol. The van der Waals surface area contributed by atoms with E-state index in [0.29, 0.717) is 85.8 Å². The highest BCUT2D eigenvalue weighted by Crippen LogP contribution is 2.36. The van der Waals surface area contributed by atoms with Crippen LogP contribution < -0.4 is 35.6 Å². The number of aliphatic hydroxyl groups excluding tert-OH is 2. The molecule has 292 valence electrons. The largest absolute Gasteiger partial charge is 0.490 e. The van der Waals surface area contributed by atoms with Crippen molar-refractivity contribution in [1.82, 2.24) is 30.2 Å². The average molecular weight is 762 g/mol. The molecule has 1 saturated carbocycles. The molecule has 2 fully saturated rings. The molecule has 6 N–H and O–H groups in total. The van der Waals surface area contributed by atoms with Gasteiger partial charge in [0.2, 0.25) is 11.9 Å². The van der Waals surface area contributed by atoms with Gasteiger partial charge in [0.1, 0.15) is 12.2 Å². The molecule has 3 amide bonds. The second-order valence-corrected chi connectivity index (χ2v) is 14.5. The van der Waals surface area contributed by atoms with Crippen LogP contribution >= 0.6 is 0 Å². The molecule has 0 radical (unpaired) electrons. The van der Waals surface area contributed by atoms with Crippen LogP contribution in [0.4, 0.5) is 22.2 Å².